The molecule has 3 aromatic rings. The van der Waals surface area contributed by atoms with Crippen LogP contribution < -0.4 is 34.3 Å². The lowest BCUT2D eigenvalue weighted by Crippen LogP contribution is -2.33. The zero-order valence-corrected chi connectivity index (χ0v) is 21.6. The van der Waals surface area contributed by atoms with Crippen molar-refractivity contribution < 1.29 is 32.9 Å². The molecule has 9 heteroatoms. The maximum absolute atomic E-state index is 13.5. The van der Waals surface area contributed by atoms with Crippen LogP contribution in [0.15, 0.2) is 60.7 Å². The molecule has 1 atom stereocenters. The number of hydrogen-bond donors (Lipinski definition) is 2. The number of carbonyl (C=O) groups excluding carboxylic acids is 1. The topological polar surface area (TPSA) is 87.3 Å². The number of nitrogens with one attached hydrogen (secondary N) is 2. The molecule has 2 aliphatic rings. The Morgan fingerprint density at radius 1 is 1.03 bits per heavy atom. The SMILES string of the molecule is COc1cccc(OC)c1CNC(=O)c1ccccc1F.c1cc2c(cc1OCC1CCCNC1)OCO2. The van der Waals surface area contributed by atoms with Gasteiger partial charge in [-0.2, -0.15) is 0 Å². The van der Waals surface area contributed by atoms with E-state index in [1.165, 1.54) is 45.3 Å². The van der Waals surface area contributed by atoms with E-state index in [9.17, 15) is 9.18 Å². The van der Waals surface area contributed by atoms with Gasteiger partial charge in [-0.1, -0.05) is 18.2 Å². The van der Waals surface area contributed by atoms with Crippen molar-refractivity contribution in [1.82, 2.24) is 10.6 Å². The molecule has 2 N–H and O–H groups in total. The van der Waals surface area contributed by atoms with Gasteiger partial charge in [0, 0.05) is 18.5 Å². The fourth-order valence-corrected chi connectivity index (χ4v) is 4.26. The number of ether oxygens (including phenoxy) is 5. The molecular weight excluding hydrogens is 491 g/mol. The summed E-state index contributed by atoms with van der Waals surface area (Å²) >= 11 is 0. The molecule has 0 radical (unpaired) electrons. The van der Waals surface area contributed by atoms with Gasteiger partial charge < -0.3 is 34.3 Å². The van der Waals surface area contributed by atoms with E-state index in [-0.39, 0.29) is 12.1 Å². The Labute approximate surface area is 222 Å². The molecule has 3 aromatic carbocycles. The van der Waals surface area contributed by atoms with Gasteiger partial charge in [-0.05, 0) is 55.8 Å². The average molecular weight is 525 g/mol. The number of fused-ring (bicyclic) bond motifs is 1. The van der Waals surface area contributed by atoms with Crippen LogP contribution in [-0.4, -0.2) is 46.6 Å². The van der Waals surface area contributed by atoms with Crippen LogP contribution in [0.2, 0.25) is 0 Å². The van der Waals surface area contributed by atoms with Crippen molar-refractivity contribution in [3.05, 3.63) is 77.6 Å². The minimum absolute atomic E-state index is 0.00589. The third-order valence-electron chi connectivity index (χ3n) is 6.30. The standard InChI is InChI=1S/C16H16FNO3.C13H17NO3/c1-20-14-8-5-9-15(21-2)12(14)10-18-16(19)11-6-3-4-7-13(11)17;1-2-10(7-14-5-1)8-15-11-3-4-12-13(6-11)17-9-16-12/h3-9H,10H2,1-2H3,(H,18,19);3-4,6,10,14H,1-2,5,7-9H2. The van der Waals surface area contributed by atoms with E-state index in [0.29, 0.717) is 29.8 Å². The molecule has 5 rings (SSSR count). The van der Waals surface area contributed by atoms with Gasteiger partial charge in [0.05, 0.1) is 38.5 Å². The van der Waals surface area contributed by atoms with Crippen LogP contribution in [0.3, 0.4) is 0 Å². The average Bonchev–Trinajstić information content (AvgIpc) is 3.44. The number of benzene rings is 3. The molecule has 2 aliphatic heterocycles. The lowest BCUT2D eigenvalue weighted by Gasteiger charge is -2.22. The molecular formula is C29H33FN2O6. The predicted molar refractivity (Wildman–Crippen MR) is 141 cm³/mol. The summed E-state index contributed by atoms with van der Waals surface area (Å²) in [5.74, 6) is 3.23. The van der Waals surface area contributed by atoms with Crippen molar-refractivity contribution >= 4 is 5.91 Å². The second kappa shape index (κ2) is 13.5. The van der Waals surface area contributed by atoms with Crippen LogP contribution in [0.25, 0.3) is 0 Å². The maximum Gasteiger partial charge on any atom is 0.254 e. The molecule has 0 aliphatic carbocycles. The Morgan fingerprint density at radius 2 is 1.79 bits per heavy atom. The maximum atomic E-state index is 13.5. The molecule has 0 saturated carbocycles. The van der Waals surface area contributed by atoms with Crippen LogP contribution in [0, 0.1) is 11.7 Å². The minimum atomic E-state index is -0.554. The van der Waals surface area contributed by atoms with Crippen molar-refractivity contribution in [3.8, 4) is 28.7 Å². The largest absolute Gasteiger partial charge is 0.496 e. The third kappa shape index (κ3) is 7.07. The number of hydrogen-bond acceptors (Lipinski definition) is 7. The molecule has 1 saturated heterocycles. The van der Waals surface area contributed by atoms with Crippen molar-refractivity contribution in [3.63, 3.8) is 0 Å². The molecule has 0 aromatic heterocycles. The Kier molecular flexibility index (Phi) is 9.64. The summed E-state index contributed by atoms with van der Waals surface area (Å²) in [5, 5.41) is 6.05. The minimum Gasteiger partial charge on any atom is -0.496 e. The predicted octanol–water partition coefficient (Wildman–Crippen LogP) is 4.57. The first kappa shape index (κ1) is 27.1. The molecule has 1 amide bonds. The summed E-state index contributed by atoms with van der Waals surface area (Å²) in [5.41, 5.74) is 0.707. The van der Waals surface area contributed by atoms with Crippen molar-refractivity contribution in [1.29, 1.82) is 0 Å². The molecule has 1 unspecified atom stereocenters. The van der Waals surface area contributed by atoms with Crippen molar-refractivity contribution in [2.24, 2.45) is 5.92 Å². The summed E-state index contributed by atoms with van der Waals surface area (Å²) in [4.78, 5) is 12.0. The van der Waals surface area contributed by atoms with Gasteiger partial charge in [-0.25, -0.2) is 4.39 Å². The first-order chi connectivity index (χ1) is 18.6. The third-order valence-corrected chi connectivity index (χ3v) is 6.30. The van der Waals surface area contributed by atoms with Crippen molar-refractivity contribution in [2.45, 2.75) is 19.4 Å². The second-order valence-electron chi connectivity index (χ2n) is 8.84. The van der Waals surface area contributed by atoms with E-state index in [1.54, 1.807) is 24.3 Å². The number of piperidine rings is 1. The molecule has 0 spiro atoms. The van der Waals surface area contributed by atoms with Crippen LogP contribution >= 0.6 is 0 Å². The summed E-state index contributed by atoms with van der Waals surface area (Å²) in [7, 11) is 3.08. The van der Waals surface area contributed by atoms with Gasteiger partial charge in [0.25, 0.3) is 5.91 Å². The fraction of sp³-hybridized carbons (Fsp3) is 0.345. The summed E-state index contributed by atoms with van der Waals surface area (Å²) in [6.07, 6.45) is 2.49. The van der Waals surface area contributed by atoms with Gasteiger partial charge in [0.2, 0.25) is 6.79 Å². The summed E-state index contributed by atoms with van der Waals surface area (Å²) in [6, 6.07) is 16.9. The van der Waals surface area contributed by atoms with Crippen molar-refractivity contribution in [2.75, 3.05) is 40.7 Å². The number of rotatable bonds is 8. The van der Waals surface area contributed by atoms with E-state index in [2.05, 4.69) is 10.6 Å². The van der Waals surface area contributed by atoms with E-state index in [0.717, 1.165) is 36.9 Å². The van der Waals surface area contributed by atoms with Crippen LogP contribution in [0.5, 0.6) is 28.7 Å². The summed E-state index contributed by atoms with van der Waals surface area (Å²) in [6.45, 7) is 3.46. The lowest BCUT2D eigenvalue weighted by atomic mass is 10.0. The molecule has 1 fully saturated rings. The number of amides is 1. The zero-order chi connectivity index (χ0) is 26.7. The zero-order valence-electron chi connectivity index (χ0n) is 21.6. The Bertz CT molecular complexity index is 1190. The highest BCUT2D eigenvalue weighted by Crippen LogP contribution is 2.35. The highest BCUT2D eigenvalue weighted by molar-refractivity contribution is 5.94. The summed E-state index contributed by atoms with van der Waals surface area (Å²) < 4.78 is 40.4. The first-order valence-corrected chi connectivity index (χ1v) is 12.5. The van der Waals surface area contributed by atoms with Crippen LogP contribution in [-0.2, 0) is 6.54 Å². The number of methoxy groups -OCH3 is 2. The first-order valence-electron chi connectivity index (χ1n) is 12.5. The monoisotopic (exact) mass is 524 g/mol. The van der Waals surface area contributed by atoms with E-state index >= 15 is 0 Å². The highest BCUT2D eigenvalue weighted by Gasteiger charge is 2.17. The van der Waals surface area contributed by atoms with Gasteiger partial charge in [-0.15, -0.1) is 0 Å². The Morgan fingerprint density at radius 3 is 2.50 bits per heavy atom. The normalized spacial score (nSPS) is 15.6. The van der Waals surface area contributed by atoms with Crippen LogP contribution in [0.4, 0.5) is 4.39 Å². The molecule has 2 heterocycles. The quantitative estimate of drug-likeness (QED) is 0.447. The van der Waals surface area contributed by atoms with Gasteiger partial charge >= 0.3 is 0 Å². The molecule has 8 nitrogen and oxygen atoms in total. The molecule has 38 heavy (non-hydrogen) atoms. The number of carbonyl (C=O) groups is 1. The number of halogens is 1. The second-order valence-corrected chi connectivity index (χ2v) is 8.84. The van der Waals surface area contributed by atoms with E-state index in [1.807, 2.05) is 18.2 Å². The fourth-order valence-electron chi connectivity index (χ4n) is 4.26. The van der Waals surface area contributed by atoms with Gasteiger partial charge in [0.1, 0.15) is 23.1 Å². The Balaban J connectivity index is 0.000000180. The Hall–Kier alpha value is -3.98. The lowest BCUT2D eigenvalue weighted by molar-refractivity contribution is 0.0946. The molecule has 0 bridgehead atoms. The smallest absolute Gasteiger partial charge is 0.254 e. The highest BCUT2D eigenvalue weighted by atomic mass is 19.1. The van der Waals surface area contributed by atoms with Gasteiger partial charge in [0.15, 0.2) is 11.5 Å². The van der Waals surface area contributed by atoms with Gasteiger partial charge in [-0.3, -0.25) is 4.79 Å². The molecule has 202 valence electrons. The van der Waals surface area contributed by atoms with Crippen LogP contribution in [0.1, 0.15) is 28.8 Å². The van der Waals surface area contributed by atoms with E-state index in [4.69, 9.17) is 23.7 Å². The van der Waals surface area contributed by atoms with E-state index < -0.39 is 11.7 Å².